The summed E-state index contributed by atoms with van der Waals surface area (Å²) in [5.41, 5.74) is 5.68. The lowest BCUT2D eigenvalue weighted by Crippen LogP contribution is -2.57. The fourth-order valence-corrected chi connectivity index (χ4v) is 3.93. The van der Waals surface area contributed by atoms with Crippen LogP contribution in [0.15, 0.2) is 42.4 Å². The molecule has 3 heterocycles. The Kier molecular flexibility index (Phi) is 5.86. The third kappa shape index (κ3) is 4.66. The highest BCUT2D eigenvalue weighted by Gasteiger charge is 2.35. The van der Waals surface area contributed by atoms with Crippen LogP contribution in [0.5, 0.6) is 5.75 Å². The van der Waals surface area contributed by atoms with Gasteiger partial charge in [0.1, 0.15) is 5.75 Å². The lowest BCUT2D eigenvalue weighted by atomic mass is 9.96. The minimum Gasteiger partial charge on any atom is -0.493 e. The zero-order valence-corrected chi connectivity index (χ0v) is 17.0. The van der Waals surface area contributed by atoms with Crippen molar-refractivity contribution >= 4 is 6.03 Å². The highest BCUT2D eigenvalue weighted by Crippen LogP contribution is 2.40. The normalized spacial score (nSPS) is 21.5. The van der Waals surface area contributed by atoms with E-state index >= 15 is 0 Å². The minimum absolute atomic E-state index is 0.0302. The minimum atomic E-state index is -4.40. The number of ether oxygens (including phenoxy) is 2. The van der Waals surface area contributed by atoms with Gasteiger partial charge in [0.2, 0.25) is 5.88 Å². The predicted molar refractivity (Wildman–Crippen MR) is 105 cm³/mol. The van der Waals surface area contributed by atoms with E-state index in [9.17, 15) is 18.0 Å². The molecule has 0 saturated carbocycles. The van der Waals surface area contributed by atoms with E-state index in [4.69, 9.17) is 9.47 Å². The SMILES string of the molecule is COC1=CC=CN(NC(=O)N2CCN(C3CCOc4cc(C(F)(F)F)ccc43)CC2)N1. The summed E-state index contributed by atoms with van der Waals surface area (Å²) in [7, 11) is 1.52. The number of hydrazine groups is 2. The van der Waals surface area contributed by atoms with E-state index in [1.807, 2.05) is 0 Å². The molecular weight excluding hydrogens is 415 g/mol. The molecule has 2 N–H and O–H groups in total. The van der Waals surface area contributed by atoms with E-state index in [-0.39, 0.29) is 17.8 Å². The van der Waals surface area contributed by atoms with Gasteiger partial charge >= 0.3 is 12.2 Å². The molecule has 0 aromatic heterocycles. The zero-order valence-electron chi connectivity index (χ0n) is 17.0. The van der Waals surface area contributed by atoms with Crippen LogP contribution in [0.25, 0.3) is 0 Å². The average molecular weight is 439 g/mol. The molecule has 1 saturated heterocycles. The molecule has 3 aliphatic rings. The topological polar surface area (TPSA) is 69.3 Å². The maximum Gasteiger partial charge on any atom is 0.416 e. The molecule has 3 aliphatic heterocycles. The Bertz CT molecular complexity index is 881. The molecule has 1 aromatic rings. The van der Waals surface area contributed by atoms with E-state index in [1.165, 1.54) is 18.3 Å². The number of fused-ring (bicyclic) bond motifs is 1. The fourth-order valence-electron chi connectivity index (χ4n) is 3.93. The van der Waals surface area contributed by atoms with Crippen molar-refractivity contribution in [2.75, 3.05) is 39.9 Å². The first-order chi connectivity index (χ1) is 14.8. The number of nitrogens with zero attached hydrogens (tertiary/aromatic N) is 3. The predicted octanol–water partition coefficient (Wildman–Crippen LogP) is 2.59. The summed E-state index contributed by atoms with van der Waals surface area (Å²) in [6, 6.07) is 3.41. The molecule has 0 aliphatic carbocycles. The number of allylic oxidation sites excluding steroid dienone is 2. The Morgan fingerprint density at radius 1 is 1.26 bits per heavy atom. The number of urea groups is 1. The lowest BCUT2D eigenvalue weighted by molar-refractivity contribution is -0.137. The summed E-state index contributed by atoms with van der Waals surface area (Å²) in [6.45, 7) is 2.60. The van der Waals surface area contributed by atoms with Gasteiger partial charge in [0.25, 0.3) is 0 Å². The molecule has 0 radical (unpaired) electrons. The van der Waals surface area contributed by atoms with Gasteiger partial charge in [-0.2, -0.15) is 18.3 Å². The van der Waals surface area contributed by atoms with Crippen LogP contribution in [-0.4, -0.2) is 60.8 Å². The number of alkyl halides is 3. The Hall–Kier alpha value is -3.08. The van der Waals surface area contributed by atoms with E-state index < -0.39 is 11.7 Å². The summed E-state index contributed by atoms with van der Waals surface area (Å²) in [6.07, 6.45) is 1.41. The van der Waals surface area contributed by atoms with Crippen molar-refractivity contribution in [1.82, 2.24) is 25.8 Å². The monoisotopic (exact) mass is 439 g/mol. The number of hydrogen-bond acceptors (Lipinski definition) is 6. The second-order valence-electron chi connectivity index (χ2n) is 7.40. The number of carbonyl (C=O) groups is 1. The molecule has 4 rings (SSSR count). The number of rotatable bonds is 3. The van der Waals surface area contributed by atoms with Crippen LogP contribution in [0, 0.1) is 0 Å². The number of amides is 2. The number of carbonyl (C=O) groups excluding carboxylic acids is 1. The van der Waals surface area contributed by atoms with Crippen molar-refractivity contribution in [1.29, 1.82) is 0 Å². The molecule has 1 fully saturated rings. The Labute approximate surface area is 177 Å². The molecule has 0 spiro atoms. The quantitative estimate of drug-likeness (QED) is 0.755. The van der Waals surface area contributed by atoms with Gasteiger partial charge in [0.15, 0.2) is 0 Å². The van der Waals surface area contributed by atoms with Crippen LogP contribution < -0.4 is 15.6 Å². The lowest BCUT2D eigenvalue weighted by Gasteiger charge is -2.41. The number of piperazine rings is 1. The van der Waals surface area contributed by atoms with Gasteiger partial charge in [-0.1, -0.05) is 6.07 Å². The molecule has 31 heavy (non-hydrogen) atoms. The van der Waals surface area contributed by atoms with Crippen LogP contribution in [0.2, 0.25) is 0 Å². The van der Waals surface area contributed by atoms with E-state index in [0.717, 1.165) is 17.7 Å². The number of hydrogen-bond donors (Lipinski definition) is 2. The van der Waals surface area contributed by atoms with Gasteiger partial charge in [-0.25, -0.2) is 15.6 Å². The van der Waals surface area contributed by atoms with Gasteiger partial charge < -0.3 is 14.4 Å². The summed E-state index contributed by atoms with van der Waals surface area (Å²) in [5.74, 6) is 0.788. The van der Waals surface area contributed by atoms with Gasteiger partial charge in [0, 0.05) is 56.5 Å². The van der Waals surface area contributed by atoms with Crippen molar-refractivity contribution in [3.63, 3.8) is 0 Å². The molecule has 1 unspecified atom stereocenters. The van der Waals surface area contributed by atoms with E-state index in [1.54, 1.807) is 23.3 Å². The van der Waals surface area contributed by atoms with Crippen LogP contribution in [0.3, 0.4) is 0 Å². The Balaban J connectivity index is 1.35. The van der Waals surface area contributed by atoms with Crippen molar-refractivity contribution in [3.8, 4) is 5.75 Å². The maximum absolute atomic E-state index is 13.0. The largest absolute Gasteiger partial charge is 0.493 e. The summed E-state index contributed by atoms with van der Waals surface area (Å²) < 4.78 is 49.6. The third-order valence-corrected chi connectivity index (χ3v) is 5.54. The van der Waals surface area contributed by atoms with Crippen molar-refractivity contribution in [3.05, 3.63) is 53.6 Å². The first kappa shape index (κ1) is 21.2. The fraction of sp³-hybridized carbons (Fsp3) is 0.450. The molecule has 1 aromatic carbocycles. The summed E-state index contributed by atoms with van der Waals surface area (Å²) in [5, 5.41) is 1.42. The number of nitrogens with one attached hydrogen (secondary N) is 2. The molecular formula is C20H24F3N5O3. The Morgan fingerprint density at radius 2 is 2.03 bits per heavy atom. The first-order valence-corrected chi connectivity index (χ1v) is 9.97. The van der Waals surface area contributed by atoms with Crippen LogP contribution in [0.1, 0.15) is 23.6 Å². The van der Waals surface area contributed by atoms with Crippen molar-refractivity contribution in [2.45, 2.75) is 18.6 Å². The molecule has 0 bridgehead atoms. The van der Waals surface area contributed by atoms with E-state index in [2.05, 4.69) is 15.8 Å². The van der Waals surface area contributed by atoms with Crippen molar-refractivity contribution < 1.29 is 27.4 Å². The highest BCUT2D eigenvalue weighted by molar-refractivity contribution is 5.73. The Morgan fingerprint density at radius 3 is 2.74 bits per heavy atom. The first-order valence-electron chi connectivity index (χ1n) is 9.97. The second-order valence-corrected chi connectivity index (χ2v) is 7.40. The third-order valence-electron chi connectivity index (χ3n) is 5.54. The van der Waals surface area contributed by atoms with Crippen LogP contribution in [0.4, 0.5) is 18.0 Å². The van der Waals surface area contributed by atoms with Gasteiger partial charge in [0.05, 0.1) is 19.3 Å². The molecule has 11 heteroatoms. The average Bonchev–Trinajstić information content (AvgIpc) is 2.78. The number of benzene rings is 1. The maximum atomic E-state index is 13.0. The van der Waals surface area contributed by atoms with Crippen LogP contribution in [-0.2, 0) is 10.9 Å². The van der Waals surface area contributed by atoms with Gasteiger partial charge in [-0.3, -0.25) is 4.90 Å². The standard InChI is InChI=1S/C20H24F3N5O3/c1-30-18-3-2-7-28(24-18)25-19(29)27-10-8-26(9-11-27)16-6-12-31-17-13-14(20(21,22)23)4-5-15(16)17/h2-5,7,13,16,24H,6,8-12H2,1H3,(H,25,29). The smallest absolute Gasteiger partial charge is 0.416 e. The van der Waals surface area contributed by atoms with Gasteiger partial charge in [-0.05, 0) is 18.2 Å². The highest BCUT2D eigenvalue weighted by atomic mass is 19.4. The summed E-state index contributed by atoms with van der Waals surface area (Å²) >= 11 is 0. The summed E-state index contributed by atoms with van der Waals surface area (Å²) in [4.78, 5) is 16.5. The van der Waals surface area contributed by atoms with Crippen molar-refractivity contribution in [2.24, 2.45) is 0 Å². The van der Waals surface area contributed by atoms with E-state index in [0.29, 0.717) is 45.1 Å². The zero-order chi connectivity index (χ0) is 22.0. The molecule has 1 atom stereocenters. The number of halogens is 3. The van der Waals surface area contributed by atoms with Crippen LogP contribution >= 0.6 is 0 Å². The second kappa shape index (κ2) is 8.58. The molecule has 2 amide bonds. The number of methoxy groups -OCH3 is 1. The molecule has 168 valence electrons. The van der Waals surface area contributed by atoms with Gasteiger partial charge in [-0.15, -0.1) is 0 Å². The molecule has 8 nitrogen and oxygen atoms in total.